The van der Waals surface area contributed by atoms with Gasteiger partial charge in [-0.25, -0.2) is 0 Å². The zero-order valence-corrected chi connectivity index (χ0v) is 16.5. The number of allylic oxidation sites excluding steroid dienone is 3. The summed E-state index contributed by atoms with van der Waals surface area (Å²) in [6.45, 7) is 1.20. The average Bonchev–Trinajstić information content (AvgIpc) is 3.13. The maximum absolute atomic E-state index is 10.5. The molecule has 0 unspecified atom stereocenters. The molecule has 0 aliphatic heterocycles. The van der Waals surface area contributed by atoms with Crippen LogP contribution in [0.25, 0.3) is 0 Å². The summed E-state index contributed by atoms with van der Waals surface area (Å²) in [7, 11) is 4.30. The van der Waals surface area contributed by atoms with E-state index >= 15 is 0 Å². The number of fused-ring (bicyclic) bond motifs is 1. The minimum Gasteiger partial charge on any atom is -0.392 e. The Morgan fingerprint density at radius 3 is 2.69 bits per heavy atom. The summed E-state index contributed by atoms with van der Waals surface area (Å²) >= 11 is 0. The number of unbranched alkanes of at least 4 members (excludes halogenated alkanes) is 2. The van der Waals surface area contributed by atoms with Crippen molar-refractivity contribution in [3.8, 4) is 0 Å². The van der Waals surface area contributed by atoms with Crippen molar-refractivity contribution in [2.24, 2.45) is 17.8 Å². The summed E-state index contributed by atoms with van der Waals surface area (Å²) in [5.41, 5.74) is 2.99. The third-order valence-corrected chi connectivity index (χ3v) is 6.11. The lowest BCUT2D eigenvalue weighted by Crippen LogP contribution is -2.17. The smallest absolute Gasteiger partial charge is 0.0611 e. The monoisotopic (exact) mass is 353 g/mol. The molecule has 0 radical (unpaired) electrons. The molecule has 2 heteroatoms. The number of nitrogens with zero attached hydrogens (tertiary/aromatic N) is 1. The largest absolute Gasteiger partial charge is 0.392 e. The molecule has 1 aromatic carbocycles. The van der Waals surface area contributed by atoms with Crippen LogP contribution in [-0.2, 0) is 6.42 Å². The SMILES string of the molecule is CN(C)CCCCCC1=C[C@H]2C[C@@H](O)[C@H](C=CCc3ccccc3)[C@H]2C1. The minimum absolute atomic E-state index is 0.157. The molecule has 0 amide bonds. The van der Waals surface area contributed by atoms with E-state index in [9.17, 15) is 5.11 Å². The second-order valence-electron chi connectivity index (χ2n) is 8.47. The van der Waals surface area contributed by atoms with Crippen LogP contribution >= 0.6 is 0 Å². The van der Waals surface area contributed by atoms with Crippen molar-refractivity contribution in [1.82, 2.24) is 4.90 Å². The van der Waals surface area contributed by atoms with E-state index in [4.69, 9.17) is 0 Å². The van der Waals surface area contributed by atoms with Crippen LogP contribution in [0, 0.1) is 17.8 Å². The molecular weight excluding hydrogens is 318 g/mol. The van der Waals surface area contributed by atoms with Crippen LogP contribution in [-0.4, -0.2) is 36.8 Å². The summed E-state index contributed by atoms with van der Waals surface area (Å²) in [6.07, 6.45) is 15.2. The van der Waals surface area contributed by atoms with Crippen molar-refractivity contribution in [1.29, 1.82) is 0 Å². The minimum atomic E-state index is -0.157. The van der Waals surface area contributed by atoms with Gasteiger partial charge in [0.15, 0.2) is 0 Å². The topological polar surface area (TPSA) is 23.5 Å². The molecule has 0 aromatic heterocycles. The van der Waals surface area contributed by atoms with Crippen LogP contribution < -0.4 is 0 Å². The molecule has 2 nitrogen and oxygen atoms in total. The van der Waals surface area contributed by atoms with E-state index in [-0.39, 0.29) is 6.10 Å². The third-order valence-electron chi connectivity index (χ3n) is 6.11. The fourth-order valence-corrected chi connectivity index (χ4v) is 4.72. The lowest BCUT2D eigenvalue weighted by Gasteiger charge is -2.18. The molecular formula is C24H35NO. The Balaban J connectivity index is 1.45. The Hall–Kier alpha value is -1.38. The molecule has 142 valence electrons. The van der Waals surface area contributed by atoms with Crippen LogP contribution in [0.4, 0.5) is 0 Å². The quantitative estimate of drug-likeness (QED) is 0.507. The molecule has 0 spiro atoms. The number of rotatable bonds is 9. The van der Waals surface area contributed by atoms with E-state index in [2.05, 4.69) is 67.6 Å². The highest BCUT2D eigenvalue weighted by atomic mass is 16.3. The second kappa shape index (κ2) is 9.53. The second-order valence-corrected chi connectivity index (χ2v) is 8.47. The van der Waals surface area contributed by atoms with Gasteiger partial charge >= 0.3 is 0 Å². The Morgan fingerprint density at radius 2 is 1.92 bits per heavy atom. The van der Waals surface area contributed by atoms with Gasteiger partial charge in [0.2, 0.25) is 0 Å². The highest BCUT2D eigenvalue weighted by Gasteiger charge is 2.42. The number of benzene rings is 1. The molecule has 26 heavy (non-hydrogen) atoms. The van der Waals surface area contributed by atoms with Crippen molar-refractivity contribution < 1.29 is 5.11 Å². The Kier molecular flexibility index (Phi) is 7.10. The Labute approximate surface area is 159 Å². The number of hydrogen-bond acceptors (Lipinski definition) is 2. The van der Waals surface area contributed by atoms with Crippen molar-refractivity contribution in [2.45, 2.75) is 51.0 Å². The molecule has 0 saturated heterocycles. The normalized spacial score (nSPS) is 28.1. The number of hydrogen-bond donors (Lipinski definition) is 1. The van der Waals surface area contributed by atoms with Crippen molar-refractivity contribution in [2.75, 3.05) is 20.6 Å². The molecule has 2 aliphatic carbocycles. The van der Waals surface area contributed by atoms with Gasteiger partial charge < -0.3 is 10.0 Å². The first-order valence-corrected chi connectivity index (χ1v) is 10.4. The first-order valence-electron chi connectivity index (χ1n) is 10.4. The van der Waals surface area contributed by atoms with E-state index in [1.54, 1.807) is 5.57 Å². The zero-order chi connectivity index (χ0) is 18.4. The van der Waals surface area contributed by atoms with Gasteiger partial charge in [-0.15, -0.1) is 0 Å². The summed E-state index contributed by atoms with van der Waals surface area (Å²) in [6, 6.07) is 10.6. The molecule has 0 heterocycles. The highest BCUT2D eigenvalue weighted by molar-refractivity contribution is 5.22. The lowest BCUT2D eigenvalue weighted by atomic mass is 9.88. The van der Waals surface area contributed by atoms with Crippen LogP contribution in [0.3, 0.4) is 0 Å². The predicted octanol–water partition coefficient (Wildman–Crippen LogP) is 4.85. The molecule has 4 atom stereocenters. The third kappa shape index (κ3) is 5.31. The van der Waals surface area contributed by atoms with Crippen LogP contribution in [0.5, 0.6) is 0 Å². The van der Waals surface area contributed by atoms with Crippen LogP contribution in [0.1, 0.15) is 44.1 Å². The van der Waals surface area contributed by atoms with Gasteiger partial charge in [0.1, 0.15) is 0 Å². The molecule has 2 aliphatic rings. The maximum atomic E-state index is 10.5. The summed E-state index contributed by atoms with van der Waals surface area (Å²) < 4.78 is 0. The summed E-state index contributed by atoms with van der Waals surface area (Å²) in [4.78, 5) is 2.27. The van der Waals surface area contributed by atoms with E-state index in [1.807, 2.05) is 0 Å². The van der Waals surface area contributed by atoms with Gasteiger partial charge in [-0.3, -0.25) is 0 Å². The number of aliphatic hydroxyl groups is 1. The lowest BCUT2D eigenvalue weighted by molar-refractivity contribution is 0.141. The van der Waals surface area contributed by atoms with Gasteiger partial charge in [-0.1, -0.05) is 60.6 Å². The van der Waals surface area contributed by atoms with Gasteiger partial charge in [-0.2, -0.15) is 0 Å². The highest BCUT2D eigenvalue weighted by Crippen LogP contribution is 2.48. The number of aliphatic hydroxyl groups excluding tert-OH is 1. The fourth-order valence-electron chi connectivity index (χ4n) is 4.72. The molecule has 1 aromatic rings. The van der Waals surface area contributed by atoms with E-state index in [0.29, 0.717) is 17.8 Å². The van der Waals surface area contributed by atoms with Crippen molar-refractivity contribution in [3.05, 3.63) is 59.7 Å². The Morgan fingerprint density at radius 1 is 1.12 bits per heavy atom. The standard InChI is InChI=1S/C24H35NO/c1-25(2)15-8-4-7-12-20-16-21-18-24(26)22(23(21)17-20)14-9-13-19-10-5-3-6-11-19/h3,5-6,9-11,14,16,21-24,26H,4,7-8,12-13,15,17-18H2,1-2H3/t21-,22+,23-,24+/m0/s1. The predicted molar refractivity (Wildman–Crippen MR) is 110 cm³/mol. The first-order chi connectivity index (χ1) is 12.6. The molecule has 0 bridgehead atoms. The van der Waals surface area contributed by atoms with Gasteiger partial charge in [0, 0.05) is 5.92 Å². The van der Waals surface area contributed by atoms with Crippen LogP contribution in [0.2, 0.25) is 0 Å². The summed E-state index contributed by atoms with van der Waals surface area (Å²) in [5, 5.41) is 10.5. The van der Waals surface area contributed by atoms with E-state index < -0.39 is 0 Å². The molecule has 1 fully saturated rings. The summed E-state index contributed by atoms with van der Waals surface area (Å²) in [5.74, 6) is 1.58. The average molecular weight is 354 g/mol. The maximum Gasteiger partial charge on any atom is 0.0611 e. The van der Waals surface area contributed by atoms with Crippen molar-refractivity contribution >= 4 is 0 Å². The van der Waals surface area contributed by atoms with E-state index in [0.717, 1.165) is 12.8 Å². The zero-order valence-electron chi connectivity index (χ0n) is 16.5. The van der Waals surface area contributed by atoms with Crippen LogP contribution in [0.15, 0.2) is 54.1 Å². The first kappa shape index (κ1) is 19.4. The van der Waals surface area contributed by atoms with Crippen molar-refractivity contribution in [3.63, 3.8) is 0 Å². The molecule has 1 saturated carbocycles. The fraction of sp³-hybridized carbons (Fsp3) is 0.583. The van der Waals surface area contributed by atoms with Gasteiger partial charge in [0.25, 0.3) is 0 Å². The Bertz CT molecular complexity index is 604. The van der Waals surface area contributed by atoms with Gasteiger partial charge in [-0.05, 0) is 76.6 Å². The molecule has 1 N–H and O–H groups in total. The van der Waals surface area contributed by atoms with E-state index in [1.165, 1.54) is 44.2 Å². The molecule has 3 rings (SSSR count). The van der Waals surface area contributed by atoms with Gasteiger partial charge in [0.05, 0.1) is 6.10 Å².